The Hall–Kier alpha value is -2.56. The summed E-state index contributed by atoms with van der Waals surface area (Å²) in [5.41, 5.74) is 4.05. The molecule has 0 saturated carbocycles. The maximum atomic E-state index is 13.4. The van der Waals surface area contributed by atoms with Crippen LogP contribution in [0.15, 0.2) is 24.3 Å². The fraction of sp³-hybridized carbons (Fsp3) is 0.429. The van der Waals surface area contributed by atoms with E-state index in [2.05, 4.69) is 4.98 Å². The third kappa shape index (κ3) is 2.71. The average molecular weight is 352 g/mol. The van der Waals surface area contributed by atoms with E-state index in [4.69, 9.17) is 4.74 Å². The Morgan fingerprint density at radius 2 is 2.12 bits per heavy atom. The lowest BCUT2D eigenvalue weighted by Gasteiger charge is -2.26. The summed E-state index contributed by atoms with van der Waals surface area (Å²) < 4.78 is 5.34. The number of aryl methyl sites for hydroxylation is 2. The minimum atomic E-state index is -0.0273. The van der Waals surface area contributed by atoms with Crippen molar-refractivity contribution >= 4 is 11.7 Å². The first-order valence-corrected chi connectivity index (χ1v) is 9.29. The molecule has 2 heterocycles. The Morgan fingerprint density at radius 3 is 2.92 bits per heavy atom. The van der Waals surface area contributed by atoms with E-state index in [1.165, 1.54) is 0 Å². The molecule has 1 aromatic heterocycles. The lowest BCUT2D eigenvalue weighted by atomic mass is 9.92. The lowest BCUT2D eigenvalue weighted by molar-refractivity contribution is 0.0729. The van der Waals surface area contributed by atoms with Crippen molar-refractivity contribution in [3.05, 3.63) is 52.3 Å². The molecule has 5 nitrogen and oxygen atoms in total. The van der Waals surface area contributed by atoms with E-state index in [0.717, 1.165) is 48.4 Å². The Balaban J connectivity index is 1.70. The minimum absolute atomic E-state index is 0.0273. The zero-order chi connectivity index (χ0) is 18.3. The fourth-order valence-corrected chi connectivity index (χ4v) is 4.35. The number of carbonyl (C=O) groups is 2. The first-order chi connectivity index (χ1) is 12.6. The number of ketones is 1. The van der Waals surface area contributed by atoms with Gasteiger partial charge in [0.25, 0.3) is 5.91 Å². The van der Waals surface area contributed by atoms with Gasteiger partial charge in [-0.2, -0.15) is 0 Å². The number of ether oxygens (including phenoxy) is 1. The van der Waals surface area contributed by atoms with Gasteiger partial charge in [0.15, 0.2) is 5.78 Å². The van der Waals surface area contributed by atoms with Crippen LogP contribution in [0.4, 0.5) is 0 Å². The molecule has 2 aromatic rings. The van der Waals surface area contributed by atoms with Crippen LogP contribution < -0.4 is 4.74 Å². The number of hydrogen-bond acceptors (Lipinski definition) is 3. The molecule has 1 aliphatic carbocycles. The van der Waals surface area contributed by atoms with Gasteiger partial charge in [0, 0.05) is 24.4 Å². The summed E-state index contributed by atoms with van der Waals surface area (Å²) >= 11 is 0. The predicted octanol–water partition coefficient (Wildman–Crippen LogP) is 3.83. The Bertz CT molecular complexity index is 868. The number of aromatic amines is 1. The number of amides is 1. The molecule has 4 rings (SSSR count). The number of carbonyl (C=O) groups excluding carboxylic acids is 2. The highest BCUT2D eigenvalue weighted by molar-refractivity contribution is 6.10. The predicted molar refractivity (Wildman–Crippen MR) is 98.8 cm³/mol. The summed E-state index contributed by atoms with van der Waals surface area (Å²) in [6.45, 7) is 2.61. The van der Waals surface area contributed by atoms with Crippen LogP contribution in [0.5, 0.6) is 5.75 Å². The molecular formula is C21H24N2O3. The van der Waals surface area contributed by atoms with Gasteiger partial charge in [0.1, 0.15) is 5.75 Å². The molecule has 26 heavy (non-hydrogen) atoms. The van der Waals surface area contributed by atoms with E-state index in [0.29, 0.717) is 24.1 Å². The van der Waals surface area contributed by atoms with Crippen LogP contribution in [-0.4, -0.2) is 35.2 Å². The van der Waals surface area contributed by atoms with Crippen LogP contribution in [0.3, 0.4) is 0 Å². The van der Waals surface area contributed by atoms with E-state index < -0.39 is 0 Å². The highest BCUT2D eigenvalue weighted by atomic mass is 16.5. The number of hydrogen-bond donors (Lipinski definition) is 1. The van der Waals surface area contributed by atoms with Crippen molar-refractivity contribution in [1.82, 2.24) is 9.88 Å². The van der Waals surface area contributed by atoms with Crippen LogP contribution in [0.25, 0.3) is 0 Å². The van der Waals surface area contributed by atoms with E-state index in [1.807, 2.05) is 36.1 Å². The van der Waals surface area contributed by atoms with Gasteiger partial charge in [-0.25, -0.2) is 0 Å². The van der Waals surface area contributed by atoms with Crippen LogP contribution >= 0.6 is 0 Å². The Labute approximate surface area is 153 Å². The van der Waals surface area contributed by atoms with Gasteiger partial charge < -0.3 is 14.6 Å². The molecule has 1 fully saturated rings. The van der Waals surface area contributed by atoms with Gasteiger partial charge in [-0.3, -0.25) is 9.59 Å². The number of H-pyrrole nitrogens is 1. The second-order valence-corrected chi connectivity index (χ2v) is 7.19. The molecule has 2 aliphatic rings. The lowest BCUT2D eigenvalue weighted by Crippen LogP contribution is -2.32. The molecule has 0 unspecified atom stereocenters. The van der Waals surface area contributed by atoms with E-state index in [1.54, 1.807) is 7.11 Å². The van der Waals surface area contributed by atoms with Gasteiger partial charge in [0.2, 0.25) is 0 Å². The number of methoxy groups -OCH3 is 1. The SMILES string of the molecule is COc1cccc([C@@H]2CCCN2C(=O)c2c(C)[nH]c3c2C(=O)CCC3)c1. The van der Waals surface area contributed by atoms with Crippen LogP contribution in [0, 0.1) is 6.92 Å². The summed E-state index contributed by atoms with van der Waals surface area (Å²) in [7, 11) is 1.65. The van der Waals surface area contributed by atoms with E-state index >= 15 is 0 Å². The number of nitrogens with one attached hydrogen (secondary N) is 1. The molecule has 1 saturated heterocycles. The summed E-state index contributed by atoms with van der Waals surface area (Å²) in [6.07, 6.45) is 4.12. The van der Waals surface area contributed by atoms with Crippen molar-refractivity contribution in [1.29, 1.82) is 0 Å². The van der Waals surface area contributed by atoms with Crippen molar-refractivity contribution < 1.29 is 14.3 Å². The second kappa shape index (κ2) is 6.63. The highest BCUT2D eigenvalue weighted by Gasteiger charge is 2.36. The van der Waals surface area contributed by atoms with Crippen LogP contribution in [0.1, 0.15) is 69.4 Å². The molecule has 1 aromatic carbocycles. The number of rotatable bonds is 3. The number of nitrogens with zero attached hydrogens (tertiary/aromatic N) is 1. The maximum Gasteiger partial charge on any atom is 0.256 e. The normalized spacial score (nSPS) is 19.5. The van der Waals surface area contributed by atoms with Crippen molar-refractivity contribution in [3.8, 4) is 5.75 Å². The first kappa shape index (κ1) is 16.9. The van der Waals surface area contributed by atoms with Gasteiger partial charge >= 0.3 is 0 Å². The topological polar surface area (TPSA) is 62.4 Å². The summed E-state index contributed by atoms with van der Waals surface area (Å²) in [5.74, 6) is 0.865. The average Bonchev–Trinajstić information content (AvgIpc) is 3.26. The van der Waals surface area contributed by atoms with Crippen LogP contribution in [0.2, 0.25) is 0 Å². The number of fused-ring (bicyclic) bond motifs is 1. The Morgan fingerprint density at radius 1 is 1.27 bits per heavy atom. The zero-order valence-corrected chi connectivity index (χ0v) is 15.3. The van der Waals surface area contributed by atoms with Gasteiger partial charge in [0.05, 0.1) is 24.3 Å². The number of benzene rings is 1. The standard InChI is InChI=1S/C21H24N2O3/c1-13-19(20-16(22-13)8-4-10-18(20)24)21(25)23-11-5-9-17(23)14-6-3-7-15(12-14)26-2/h3,6-7,12,17,22H,4-5,8-11H2,1-2H3/t17-/m0/s1. The van der Waals surface area contributed by atoms with Crippen LogP contribution in [-0.2, 0) is 6.42 Å². The molecular weight excluding hydrogens is 328 g/mol. The molecule has 1 N–H and O–H groups in total. The van der Waals surface area contributed by atoms with Gasteiger partial charge in [-0.1, -0.05) is 12.1 Å². The molecule has 0 spiro atoms. The van der Waals surface area contributed by atoms with Crippen molar-refractivity contribution in [2.45, 2.75) is 45.1 Å². The smallest absolute Gasteiger partial charge is 0.256 e. The first-order valence-electron chi connectivity index (χ1n) is 9.29. The zero-order valence-electron chi connectivity index (χ0n) is 15.3. The number of likely N-dealkylation sites (tertiary alicyclic amines) is 1. The summed E-state index contributed by atoms with van der Waals surface area (Å²) in [4.78, 5) is 31.1. The monoisotopic (exact) mass is 352 g/mol. The summed E-state index contributed by atoms with van der Waals surface area (Å²) in [6, 6.07) is 7.95. The number of Topliss-reactive ketones (excluding diaryl/α,β-unsaturated/α-hetero) is 1. The third-order valence-electron chi connectivity index (χ3n) is 5.58. The Kier molecular flexibility index (Phi) is 4.31. The molecule has 136 valence electrons. The molecule has 0 radical (unpaired) electrons. The second-order valence-electron chi connectivity index (χ2n) is 7.19. The molecule has 0 bridgehead atoms. The maximum absolute atomic E-state index is 13.4. The quantitative estimate of drug-likeness (QED) is 0.913. The minimum Gasteiger partial charge on any atom is -0.497 e. The molecule has 1 aliphatic heterocycles. The van der Waals surface area contributed by atoms with E-state index in [-0.39, 0.29) is 17.7 Å². The van der Waals surface area contributed by atoms with Crippen molar-refractivity contribution in [3.63, 3.8) is 0 Å². The molecule has 1 atom stereocenters. The largest absolute Gasteiger partial charge is 0.497 e. The third-order valence-corrected chi connectivity index (χ3v) is 5.58. The fourth-order valence-electron chi connectivity index (χ4n) is 4.35. The summed E-state index contributed by atoms with van der Waals surface area (Å²) in [5, 5.41) is 0. The number of aromatic nitrogens is 1. The van der Waals surface area contributed by atoms with Crippen molar-refractivity contribution in [2.24, 2.45) is 0 Å². The van der Waals surface area contributed by atoms with Crippen molar-refractivity contribution in [2.75, 3.05) is 13.7 Å². The molecule has 5 heteroatoms. The highest BCUT2D eigenvalue weighted by Crippen LogP contribution is 2.36. The molecule has 1 amide bonds. The van der Waals surface area contributed by atoms with E-state index in [9.17, 15) is 9.59 Å². The van der Waals surface area contributed by atoms with Gasteiger partial charge in [-0.15, -0.1) is 0 Å². The van der Waals surface area contributed by atoms with Gasteiger partial charge in [-0.05, 0) is 50.3 Å².